The standard InChI is InChI=1S/C27H30ClN5O6/c1-16-23(24(32-39-16)19-6-8-21(36-3)9-7-19)25(34)31-26(29)30-14-17-11-18(13-20(28)12-17)15-38-27(35)33(2)22-5-4-10-37-22/h6-9,11-13,22H,4-5,10,14-15H2,1-3H3,(H3,29,30,31,34). The topological polar surface area (TPSA) is 142 Å². The lowest BCUT2D eigenvalue weighted by molar-refractivity contribution is -0.00831. The van der Waals surface area contributed by atoms with Crippen LogP contribution in [-0.4, -0.2) is 55.0 Å². The number of aromatic nitrogens is 1. The molecule has 1 unspecified atom stereocenters. The van der Waals surface area contributed by atoms with Crippen LogP contribution in [0.4, 0.5) is 4.79 Å². The van der Waals surface area contributed by atoms with Crippen LogP contribution >= 0.6 is 11.6 Å². The first-order chi connectivity index (χ1) is 18.7. The summed E-state index contributed by atoms with van der Waals surface area (Å²) in [5.41, 5.74) is 8.72. The molecule has 39 heavy (non-hydrogen) atoms. The van der Waals surface area contributed by atoms with Crippen LogP contribution in [0.3, 0.4) is 0 Å². The summed E-state index contributed by atoms with van der Waals surface area (Å²) in [5, 5.41) is 7.06. The second-order valence-electron chi connectivity index (χ2n) is 8.95. The number of hydrogen-bond acceptors (Lipinski definition) is 8. The number of nitrogens with two attached hydrogens (primary N) is 1. The van der Waals surface area contributed by atoms with Gasteiger partial charge in [0.1, 0.15) is 35.6 Å². The maximum atomic E-state index is 13.0. The van der Waals surface area contributed by atoms with Crippen LogP contribution in [0.5, 0.6) is 5.75 Å². The van der Waals surface area contributed by atoms with Gasteiger partial charge in [-0.2, -0.15) is 0 Å². The summed E-state index contributed by atoms with van der Waals surface area (Å²) in [4.78, 5) is 31.1. The number of methoxy groups -OCH3 is 1. The van der Waals surface area contributed by atoms with Gasteiger partial charge in [-0.1, -0.05) is 22.8 Å². The Kier molecular flexibility index (Phi) is 9.05. The van der Waals surface area contributed by atoms with Gasteiger partial charge in [-0.25, -0.2) is 9.79 Å². The molecule has 1 aliphatic rings. The molecule has 0 saturated carbocycles. The van der Waals surface area contributed by atoms with E-state index in [1.54, 1.807) is 63.5 Å². The molecule has 3 aromatic rings. The molecule has 1 aliphatic heterocycles. The zero-order chi connectivity index (χ0) is 27.9. The maximum Gasteiger partial charge on any atom is 0.411 e. The van der Waals surface area contributed by atoms with Crippen molar-refractivity contribution in [2.45, 2.75) is 39.1 Å². The average molecular weight is 556 g/mol. The highest BCUT2D eigenvalue weighted by atomic mass is 35.5. The number of nitrogens with one attached hydrogen (secondary N) is 1. The number of rotatable bonds is 8. The fraction of sp³-hybridized carbons (Fsp3) is 0.333. The van der Waals surface area contributed by atoms with Gasteiger partial charge in [0.25, 0.3) is 5.91 Å². The van der Waals surface area contributed by atoms with Crippen molar-refractivity contribution in [2.24, 2.45) is 10.7 Å². The molecule has 12 heteroatoms. The lowest BCUT2D eigenvalue weighted by atomic mass is 10.1. The van der Waals surface area contributed by atoms with Crippen molar-refractivity contribution in [1.82, 2.24) is 15.4 Å². The Morgan fingerprint density at radius 1 is 1.23 bits per heavy atom. The summed E-state index contributed by atoms with van der Waals surface area (Å²) in [5.74, 6) is 0.419. The van der Waals surface area contributed by atoms with E-state index < -0.39 is 12.0 Å². The van der Waals surface area contributed by atoms with Gasteiger partial charge < -0.3 is 24.5 Å². The predicted molar refractivity (Wildman–Crippen MR) is 144 cm³/mol. The van der Waals surface area contributed by atoms with Crippen LogP contribution < -0.4 is 15.8 Å². The van der Waals surface area contributed by atoms with Gasteiger partial charge in [0.05, 0.1) is 13.7 Å². The van der Waals surface area contributed by atoms with Gasteiger partial charge >= 0.3 is 6.09 Å². The molecule has 2 aromatic carbocycles. The Morgan fingerprint density at radius 2 is 1.97 bits per heavy atom. The third kappa shape index (κ3) is 7.06. The molecule has 1 fully saturated rings. The number of hydrogen-bond donors (Lipinski definition) is 2. The second kappa shape index (κ2) is 12.6. The zero-order valence-corrected chi connectivity index (χ0v) is 22.7. The molecule has 4 rings (SSSR count). The van der Waals surface area contributed by atoms with Crippen molar-refractivity contribution in [3.8, 4) is 17.0 Å². The molecule has 2 heterocycles. The Bertz CT molecular complexity index is 1350. The molecule has 0 spiro atoms. The minimum Gasteiger partial charge on any atom is -0.497 e. The van der Waals surface area contributed by atoms with Gasteiger partial charge in [0.2, 0.25) is 0 Å². The first kappa shape index (κ1) is 27.9. The predicted octanol–water partition coefficient (Wildman–Crippen LogP) is 4.26. The largest absolute Gasteiger partial charge is 0.497 e. The van der Waals surface area contributed by atoms with E-state index >= 15 is 0 Å². The molecular formula is C27H30ClN5O6. The highest BCUT2D eigenvalue weighted by molar-refractivity contribution is 6.30. The molecular weight excluding hydrogens is 526 g/mol. The Morgan fingerprint density at radius 3 is 2.67 bits per heavy atom. The third-order valence-corrected chi connectivity index (χ3v) is 6.35. The molecule has 0 radical (unpaired) electrons. The SMILES string of the molecule is COc1ccc(-c2noc(C)c2C(=O)NC(N)=NCc2cc(Cl)cc(COC(=O)N(C)C3CCCO3)c2)cc1. The van der Waals surface area contributed by atoms with Gasteiger partial charge in [0, 0.05) is 24.2 Å². The van der Waals surface area contributed by atoms with Gasteiger partial charge in [-0.15, -0.1) is 0 Å². The van der Waals surface area contributed by atoms with E-state index in [1.807, 2.05) is 0 Å². The third-order valence-electron chi connectivity index (χ3n) is 6.13. The molecule has 0 aliphatic carbocycles. The molecule has 0 bridgehead atoms. The number of ether oxygens (including phenoxy) is 3. The summed E-state index contributed by atoms with van der Waals surface area (Å²) in [6, 6.07) is 12.3. The number of aliphatic imine (C=N–C) groups is 1. The number of carbonyl (C=O) groups excluding carboxylic acids is 2. The van der Waals surface area contributed by atoms with E-state index in [2.05, 4.69) is 15.5 Å². The highest BCUT2D eigenvalue weighted by Crippen LogP contribution is 2.27. The molecule has 3 N–H and O–H groups in total. The van der Waals surface area contributed by atoms with Crippen LogP contribution in [0.15, 0.2) is 52.0 Å². The summed E-state index contributed by atoms with van der Waals surface area (Å²) < 4.78 is 21.4. The monoisotopic (exact) mass is 555 g/mol. The Balaban J connectivity index is 1.38. The normalized spacial score (nSPS) is 15.2. The van der Waals surface area contributed by atoms with Crippen molar-refractivity contribution in [1.29, 1.82) is 0 Å². The minimum atomic E-state index is -0.505. The summed E-state index contributed by atoms with van der Waals surface area (Å²) in [7, 11) is 3.22. The zero-order valence-electron chi connectivity index (χ0n) is 21.9. The van der Waals surface area contributed by atoms with Gasteiger partial charge in [0.15, 0.2) is 5.96 Å². The van der Waals surface area contributed by atoms with Crippen molar-refractivity contribution in [2.75, 3.05) is 20.8 Å². The van der Waals surface area contributed by atoms with E-state index in [9.17, 15) is 9.59 Å². The number of guanidine groups is 1. The van der Waals surface area contributed by atoms with Crippen LogP contribution in [0.2, 0.25) is 5.02 Å². The van der Waals surface area contributed by atoms with Crippen LogP contribution in [-0.2, 0) is 22.6 Å². The quantitative estimate of drug-likeness (QED) is 0.310. The van der Waals surface area contributed by atoms with E-state index in [4.69, 9.17) is 36.1 Å². The number of benzene rings is 2. The fourth-order valence-corrected chi connectivity index (χ4v) is 4.38. The Hall–Kier alpha value is -4.09. The first-order valence-corrected chi connectivity index (χ1v) is 12.6. The maximum absolute atomic E-state index is 13.0. The molecule has 1 atom stereocenters. The highest BCUT2D eigenvalue weighted by Gasteiger charge is 2.25. The van der Waals surface area contributed by atoms with E-state index in [-0.39, 0.29) is 30.9 Å². The average Bonchev–Trinajstić information content (AvgIpc) is 3.60. The molecule has 206 valence electrons. The Labute approximate surface area is 230 Å². The molecule has 1 aromatic heterocycles. The summed E-state index contributed by atoms with van der Waals surface area (Å²) in [6.07, 6.45) is 0.940. The van der Waals surface area contributed by atoms with Crippen molar-refractivity contribution < 1.29 is 28.3 Å². The summed E-state index contributed by atoms with van der Waals surface area (Å²) in [6.45, 7) is 2.44. The first-order valence-electron chi connectivity index (χ1n) is 12.3. The van der Waals surface area contributed by atoms with Crippen LogP contribution in [0.25, 0.3) is 11.3 Å². The van der Waals surface area contributed by atoms with E-state index in [0.717, 1.165) is 18.4 Å². The number of carbonyl (C=O) groups is 2. The second-order valence-corrected chi connectivity index (χ2v) is 9.38. The van der Waals surface area contributed by atoms with Gasteiger partial charge in [-0.05, 0) is 67.3 Å². The lowest BCUT2D eigenvalue weighted by Gasteiger charge is -2.22. The van der Waals surface area contributed by atoms with Crippen molar-refractivity contribution in [3.05, 3.63) is 69.9 Å². The number of halogens is 1. The lowest BCUT2D eigenvalue weighted by Crippen LogP contribution is -2.37. The molecule has 1 saturated heterocycles. The van der Waals surface area contributed by atoms with Crippen LogP contribution in [0.1, 0.15) is 40.1 Å². The van der Waals surface area contributed by atoms with E-state index in [1.165, 1.54) is 4.90 Å². The number of amides is 2. The summed E-state index contributed by atoms with van der Waals surface area (Å²) >= 11 is 6.27. The minimum absolute atomic E-state index is 0.0281. The van der Waals surface area contributed by atoms with Gasteiger partial charge in [-0.3, -0.25) is 15.0 Å². The number of aryl methyl sites for hydroxylation is 1. The van der Waals surface area contributed by atoms with E-state index in [0.29, 0.717) is 40.0 Å². The fourth-order valence-electron chi connectivity index (χ4n) is 4.10. The molecule has 11 nitrogen and oxygen atoms in total. The van der Waals surface area contributed by atoms with Crippen molar-refractivity contribution >= 4 is 29.6 Å². The number of nitrogens with zero attached hydrogens (tertiary/aromatic N) is 3. The molecule has 2 amide bonds. The van der Waals surface area contributed by atoms with Crippen molar-refractivity contribution in [3.63, 3.8) is 0 Å². The smallest absolute Gasteiger partial charge is 0.411 e. The van der Waals surface area contributed by atoms with Crippen LogP contribution in [0, 0.1) is 6.92 Å².